The number of rotatable bonds is 3. The minimum absolute atomic E-state index is 0.176. The number of H-pyrrole nitrogens is 1. The van der Waals surface area contributed by atoms with Crippen LogP contribution in [0.1, 0.15) is 10.4 Å². The van der Waals surface area contributed by atoms with Crippen molar-refractivity contribution in [3.8, 4) is 23.0 Å². The molecule has 0 saturated heterocycles. The summed E-state index contributed by atoms with van der Waals surface area (Å²) in [5.41, 5.74) is 0.949. The van der Waals surface area contributed by atoms with Crippen LogP contribution in [-0.2, 0) is 0 Å². The Morgan fingerprint density at radius 2 is 1.90 bits per heavy atom. The van der Waals surface area contributed by atoms with Gasteiger partial charge >= 0.3 is 5.97 Å². The van der Waals surface area contributed by atoms with E-state index < -0.39 is 5.97 Å². The van der Waals surface area contributed by atoms with E-state index in [1.807, 2.05) is 0 Å². The SMILES string of the molecule is O=C(O)c1ccc(-c2noc(-c3cccc(=O)[nH]3)n2)cc1. The monoisotopic (exact) mass is 283 g/mol. The van der Waals surface area contributed by atoms with Gasteiger partial charge in [0, 0.05) is 11.6 Å². The Hall–Kier alpha value is -3.22. The third kappa shape index (κ3) is 2.57. The van der Waals surface area contributed by atoms with Crippen molar-refractivity contribution in [3.05, 3.63) is 58.4 Å². The molecule has 7 nitrogen and oxygen atoms in total. The van der Waals surface area contributed by atoms with Gasteiger partial charge in [-0.25, -0.2) is 4.79 Å². The predicted octanol–water partition coefficient (Wildman–Crippen LogP) is 1.79. The average molecular weight is 283 g/mol. The smallest absolute Gasteiger partial charge is 0.335 e. The fraction of sp³-hybridized carbons (Fsp3) is 0. The fourth-order valence-electron chi connectivity index (χ4n) is 1.78. The van der Waals surface area contributed by atoms with Crippen LogP contribution in [0.3, 0.4) is 0 Å². The molecular weight excluding hydrogens is 274 g/mol. The highest BCUT2D eigenvalue weighted by Gasteiger charge is 2.11. The molecule has 0 unspecified atom stereocenters. The van der Waals surface area contributed by atoms with Gasteiger partial charge in [-0.15, -0.1) is 0 Å². The Morgan fingerprint density at radius 1 is 1.14 bits per heavy atom. The molecule has 21 heavy (non-hydrogen) atoms. The van der Waals surface area contributed by atoms with E-state index in [1.54, 1.807) is 24.3 Å². The van der Waals surface area contributed by atoms with Gasteiger partial charge in [0.1, 0.15) is 5.69 Å². The molecule has 0 aliphatic rings. The summed E-state index contributed by atoms with van der Waals surface area (Å²) in [7, 11) is 0. The zero-order chi connectivity index (χ0) is 14.8. The van der Waals surface area contributed by atoms with E-state index in [0.29, 0.717) is 17.1 Å². The summed E-state index contributed by atoms with van der Waals surface area (Å²) in [6.45, 7) is 0. The van der Waals surface area contributed by atoms with E-state index in [-0.39, 0.29) is 17.0 Å². The summed E-state index contributed by atoms with van der Waals surface area (Å²) in [5, 5.41) is 12.7. The van der Waals surface area contributed by atoms with Crippen LogP contribution in [0.15, 0.2) is 51.8 Å². The largest absolute Gasteiger partial charge is 0.478 e. The number of aromatic nitrogens is 3. The van der Waals surface area contributed by atoms with Crippen LogP contribution in [0.2, 0.25) is 0 Å². The molecule has 1 aromatic carbocycles. The van der Waals surface area contributed by atoms with Crippen LogP contribution in [-0.4, -0.2) is 26.2 Å². The van der Waals surface area contributed by atoms with Gasteiger partial charge in [-0.1, -0.05) is 23.4 Å². The maximum Gasteiger partial charge on any atom is 0.335 e. The number of pyridine rings is 1. The maximum absolute atomic E-state index is 11.2. The first-order valence-electron chi connectivity index (χ1n) is 6.00. The van der Waals surface area contributed by atoms with Gasteiger partial charge in [-0.05, 0) is 18.2 Å². The second-order valence-electron chi connectivity index (χ2n) is 4.23. The molecule has 0 aliphatic heterocycles. The Balaban J connectivity index is 1.94. The van der Waals surface area contributed by atoms with Crippen LogP contribution in [0.25, 0.3) is 23.0 Å². The third-order valence-electron chi connectivity index (χ3n) is 2.81. The van der Waals surface area contributed by atoms with Gasteiger partial charge in [0.15, 0.2) is 0 Å². The molecule has 0 aliphatic carbocycles. The molecule has 2 heterocycles. The third-order valence-corrected chi connectivity index (χ3v) is 2.81. The molecule has 0 bridgehead atoms. The second-order valence-corrected chi connectivity index (χ2v) is 4.23. The molecule has 2 N–H and O–H groups in total. The lowest BCUT2D eigenvalue weighted by Gasteiger charge is -1.96. The normalized spacial score (nSPS) is 10.5. The van der Waals surface area contributed by atoms with Crippen LogP contribution < -0.4 is 5.56 Å². The second kappa shape index (κ2) is 5.04. The molecule has 2 aromatic heterocycles. The van der Waals surface area contributed by atoms with E-state index in [9.17, 15) is 9.59 Å². The van der Waals surface area contributed by atoms with Crippen LogP contribution in [0.5, 0.6) is 0 Å². The number of aromatic carboxylic acids is 1. The van der Waals surface area contributed by atoms with Gasteiger partial charge < -0.3 is 14.6 Å². The molecular formula is C14H9N3O4. The van der Waals surface area contributed by atoms with Crippen LogP contribution in [0, 0.1) is 0 Å². The highest BCUT2D eigenvalue weighted by atomic mass is 16.5. The Bertz CT molecular complexity index is 849. The van der Waals surface area contributed by atoms with Crippen molar-refractivity contribution in [3.63, 3.8) is 0 Å². The quantitative estimate of drug-likeness (QED) is 0.758. The van der Waals surface area contributed by atoms with Crippen molar-refractivity contribution >= 4 is 5.97 Å². The van der Waals surface area contributed by atoms with Crippen molar-refractivity contribution in [1.82, 2.24) is 15.1 Å². The fourth-order valence-corrected chi connectivity index (χ4v) is 1.78. The Morgan fingerprint density at radius 3 is 2.57 bits per heavy atom. The highest BCUT2D eigenvalue weighted by molar-refractivity contribution is 5.88. The first-order valence-corrected chi connectivity index (χ1v) is 6.00. The van der Waals surface area contributed by atoms with Crippen molar-refractivity contribution in [2.45, 2.75) is 0 Å². The average Bonchev–Trinajstić information content (AvgIpc) is 2.97. The van der Waals surface area contributed by atoms with Gasteiger partial charge in [0.2, 0.25) is 11.4 Å². The molecule has 7 heteroatoms. The summed E-state index contributed by atoms with van der Waals surface area (Å²) < 4.78 is 5.09. The number of benzene rings is 1. The highest BCUT2D eigenvalue weighted by Crippen LogP contribution is 2.20. The van der Waals surface area contributed by atoms with E-state index in [4.69, 9.17) is 9.63 Å². The molecule has 0 spiro atoms. The number of carbonyl (C=O) groups is 1. The zero-order valence-electron chi connectivity index (χ0n) is 10.6. The number of nitrogens with one attached hydrogen (secondary N) is 1. The number of hydrogen-bond donors (Lipinski definition) is 2. The molecule has 3 rings (SSSR count). The summed E-state index contributed by atoms with van der Waals surface area (Å²) in [6.07, 6.45) is 0. The summed E-state index contributed by atoms with van der Waals surface area (Å²) in [5.74, 6) is -0.506. The zero-order valence-corrected chi connectivity index (χ0v) is 10.6. The van der Waals surface area contributed by atoms with Crippen molar-refractivity contribution in [2.75, 3.05) is 0 Å². The van der Waals surface area contributed by atoms with Crippen molar-refractivity contribution in [2.24, 2.45) is 0 Å². The summed E-state index contributed by atoms with van der Waals surface area (Å²) in [4.78, 5) is 28.8. The van der Waals surface area contributed by atoms with E-state index in [1.165, 1.54) is 18.2 Å². The minimum Gasteiger partial charge on any atom is -0.478 e. The molecule has 0 fully saturated rings. The molecule has 0 atom stereocenters. The first-order chi connectivity index (χ1) is 10.1. The number of hydrogen-bond acceptors (Lipinski definition) is 5. The van der Waals surface area contributed by atoms with Gasteiger partial charge in [-0.2, -0.15) is 4.98 Å². The Labute approximate surface area is 117 Å². The van der Waals surface area contributed by atoms with Crippen LogP contribution >= 0.6 is 0 Å². The lowest BCUT2D eigenvalue weighted by molar-refractivity contribution is 0.0697. The van der Waals surface area contributed by atoms with Gasteiger partial charge in [-0.3, -0.25) is 4.79 Å². The topological polar surface area (TPSA) is 109 Å². The Kier molecular flexibility index (Phi) is 3.07. The lowest BCUT2D eigenvalue weighted by Crippen LogP contribution is -2.03. The first kappa shape index (κ1) is 12.8. The molecule has 0 amide bonds. The number of nitrogens with zero attached hydrogens (tertiary/aromatic N) is 2. The summed E-state index contributed by atoms with van der Waals surface area (Å²) in [6, 6.07) is 10.7. The number of carboxylic acid groups (broad SMARTS) is 1. The lowest BCUT2D eigenvalue weighted by atomic mass is 10.1. The van der Waals surface area contributed by atoms with Crippen molar-refractivity contribution < 1.29 is 14.4 Å². The van der Waals surface area contributed by atoms with Crippen LogP contribution in [0.4, 0.5) is 0 Å². The maximum atomic E-state index is 11.2. The molecule has 0 saturated carbocycles. The molecule has 3 aromatic rings. The van der Waals surface area contributed by atoms with E-state index in [0.717, 1.165) is 0 Å². The van der Waals surface area contributed by atoms with Crippen molar-refractivity contribution in [1.29, 1.82) is 0 Å². The number of aromatic amines is 1. The van der Waals surface area contributed by atoms with Gasteiger partial charge in [0.25, 0.3) is 5.89 Å². The van der Waals surface area contributed by atoms with Gasteiger partial charge in [0.05, 0.1) is 5.56 Å². The molecule has 0 radical (unpaired) electrons. The minimum atomic E-state index is -1.00. The van der Waals surface area contributed by atoms with E-state index in [2.05, 4.69) is 15.1 Å². The number of carboxylic acids is 1. The predicted molar refractivity (Wildman–Crippen MR) is 72.8 cm³/mol. The molecule has 104 valence electrons. The van der Waals surface area contributed by atoms with E-state index >= 15 is 0 Å². The summed E-state index contributed by atoms with van der Waals surface area (Å²) >= 11 is 0. The standard InChI is InChI=1S/C14H9N3O4/c18-11-3-1-2-10(15-11)13-16-12(17-21-13)8-4-6-9(7-5-8)14(19)20/h1-7H,(H,15,18)(H,19,20).